The van der Waals surface area contributed by atoms with Crippen LogP contribution in [0.25, 0.3) is 32.8 Å². The van der Waals surface area contributed by atoms with E-state index in [1.54, 1.807) is 0 Å². The third kappa shape index (κ3) is 2.45. The summed E-state index contributed by atoms with van der Waals surface area (Å²) >= 11 is 0. The Morgan fingerprint density at radius 2 is 1.62 bits per heavy atom. The standard InChI is InChI=1S/C24H21NO/c1-24(2,3)14-15-10-18-8-9-25-23-19-12-16-6-4-5-7-17(16)13-20(19)26-21(11-15)22(18)23/h4-13H,14H2,1-3H3. The summed E-state index contributed by atoms with van der Waals surface area (Å²) in [5.41, 5.74) is 3.64. The van der Waals surface area contributed by atoms with E-state index in [0.717, 1.165) is 34.6 Å². The van der Waals surface area contributed by atoms with Crippen LogP contribution in [0.4, 0.5) is 0 Å². The zero-order valence-electron chi connectivity index (χ0n) is 15.3. The fourth-order valence-electron chi connectivity index (χ4n) is 3.94. The van der Waals surface area contributed by atoms with Crippen molar-refractivity contribution in [2.45, 2.75) is 27.2 Å². The van der Waals surface area contributed by atoms with Crippen molar-refractivity contribution in [1.82, 2.24) is 4.98 Å². The zero-order chi connectivity index (χ0) is 17.9. The number of aromatic nitrogens is 1. The Kier molecular flexibility index (Phi) is 3.14. The summed E-state index contributed by atoms with van der Waals surface area (Å²) in [4.78, 5) is 4.71. The predicted octanol–water partition coefficient (Wildman–Crippen LogP) is 6.75. The second-order valence-corrected chi connectivity index (χ2v) is 8.39. The van der Waals surface area contributed by atoms with Crippen molar-refractivity contribution in [2.75, 3.05) is 0 Å². The monoisotopic (exact) mass is 339 g/mol. The minimum Gasteiger partial charge on any atom is -0.456 e. The number of rotatable bonds is 1. The van der Waals surface area contributed by atoms with Crippen molar-refractivity contribution in [3.8, 4) is 22.8 Å². The molecule has 0 radical (unpaired) electrons. The smallest absolute Gasteiger partial charge is 0.137 e. The highest BCUT2D eigenvalue weighted by Gasteiger charge is 2.23. The summed E-state index contributed by atoms with van der Waals surface area (Å²) in [5, 5.41) is 4.72. The first-order valence-electron chi connectivity index (χ1n) is 9.11. The van der Waals surface area contributed by atoms with Crippen molar-refractivity contribution in [2.24, 2.45) is 5.41 Å². The van der Waals surface area contributed by atoms with Gasteiger partial charge in [-0.2, -0.15) is 0 Å². The van der Waals surface area contributed by atoms with Gasteiger partial charge in [0.05, 0.1) is 11.1 Å². The summed E-state index contributed by atoms with van der Waals surface area (Å²) in [6.07, 6.45) is 2.92. The van der Waals surface area contributed by atoms with Gasteiger partial charge in [0.1, 0.15) is 11.5 Å². The van der Waals surface area contributed by atoms with Crippen LogP contribution in [-0.2, 0) is 6.42 Å². The molecule has 1 aromatic heterocycles. The van der Waals surface area contributed by atoms with Gasteiger partial charge in [0, 0.05) is 11.8 Å². The van der Waals surface area contributed by atoms with E-state index in [-0.39, 0.29) is 5.41 Å². The third-order valence-corrected chi connectivity index (χ3v) is 4.94. The van der Waals surface area contributed by atoms with E-state index in [1.807, 2.05) is 6.20 Å². The van der Waals surface area contributed by atoms with E-state index in [0.29, 0.717) is 0 Å². The summed E-state index contributed by atoms with van der Waals surface area (Å²) in [7, 11) is 0. The van der Waals surface area contributed by atoms with Gasteiger partial charge in [-0.05, 0) is 57.8 Å². The molecule has 2 nitrogen and oxygen atoms in total. The Morgan fingerprint density at radius 1 is 0.846 bits per heavy atom. The maximum atomic E-state index is 6.37. The van der Waals surface area contributed by atoms with Crippen LogP contribution in [0, 0.1) is 5.41 Å². The Hall–Kier alpha value is -2.87. The van der Waals surface area contributed by atoms with Crippen molar-refractivity contribution < 1.29 is 4.74 Å². The fourth-order valence-corrected chi connectivity index (χ4v) is 3.94. The Morgan fingerprint density at radius 3 is 2.38 bits per heavy atom. The average molecular weight is 339 g/mol. The molecule has 2 heterocycles. The van der Waals surface area contributed by atoms with Crippen LogP contribution >= 0.6 is 0 Å². The first-order valence-corrected chi connectivity index (χ1v) is 9.11. The number of hydrogen-bond acceptors (Lipinski definition) is 2. The number of ether oxygens (including phenoxy) is 1. The van der Waals surface area contributed by atoms with Gasteiger partial charge in [-0.25, -0.2) is 0 Å². The summed E-state index contributed by atoms with van der Waals surface area (Å²) < 4.78 is 6.37. The van der Waals surface area contributed by atoms with Crippen molar-refractivity contribution >= 4 is 21.5 Å². The highest BCUT2D eigenvalue weighted by atomic mass is 16.5. The van der Waals surface area contributed by atoms with Gasteiger partial charge >= 0.3 is 0 Å². The lowest BCUT2D eigenvalue weighted by Gasteiger charge is -2.24. The molecule has 0 saturated carbocycles. The van der Waals surface area contributed by atoms with Gasteiger partial charge in [0.25, 0.3) is 0 Å². The average Bonchev–Trinajstić information content (AvgIpc) is 2.59. The molecule has 2 heteroatoms. The lowest BCUT2D eigenvalue weighted by molar-refractivity contribution is 0.410. The summed E-state index contributed by atoms with van der Waals surface area (Å²) in [5.74, 6) is 1.82. The molecule has 0 amide bonds. The molecule has 3 aromatic carbocycles. The maximum Gasteiger partial charge on any atom is 0.137 e. The molecule has 4 aromatic rings. The Bertz CT molecular complexity index is 1170. The van der Waals surface area contributed by atoms with E-state index in [2.05, 4.69) is 75.4 Å². The fraction of sp³-hybridized carbons (Fsp3) is 0.208. The van der Waals surface area contributed by atoms with Crippen molar-refractivity contribution in [3.63, 3.8) is 0 Å². The molecule has 0 saturated heterocycles. The van der Waals surface area contributed by atoms with Crippen LogP contribution in [-0.4, -0.2) is 4.98 Å². The predicted molar refractivity (Wildman–Crippen MR) is 108 cm³/mol. The van der Waals surface area contributed by atoms with Crippen molar-refractivity contribution in [3.05, 3.63) is 66.4 Å². The molecule has 0 spiro atoms. The van der Waals surface area contributed by atoms with Crippen LogP contribution < -0.4 is 4.74 Å². The third-order valence-electron chi connectivity index (χ3n) is 4.94. The molecule has 1 aliphatic heterocycles. The summed E-state index contributed by atoms with van der Waals surface area (Å²) in [6, 6.07) is 19.3. The first-order chi connectivity index (χ1) is 12.5. The van der Waals surface area contributed by atoms with Gasteiger partial charge in [0.15, 0.2) is 0 Å². The molecule has 0 fully saturated rings. The van der Waals surface area contributed by atoms with E-state index in [4.69, 9.17) is 9.72 Å². The molecule has 0 N–H and O–H groups in total. The number of benzene rings is 3. The van der Waals surface area contributed by atoms with Gasteiger partial charge in [-0.1, -0.05) is 51.1 Å². The molecule has 0 aliphatic carbocycles. The van der Waals surface area contributed by atoms with E-state index >= 15 is 0 Å². The molecule has 5 rings (SSSR count). The van der Waals surface area contributed by atoms with Gasteiger partial charge < -0.3 is 4.74 Å². The molecule has 0 bridgehead atoms. The highest BCUT2D eigenvalue weighted by molar-refractivity contribution is 6.04. The van der Waals surface area contributed by atoms with Crippen LogP contribution in [0.5, 0.6) is 11.5 Å². The molecule has 128 valence electrons. The van der Waals surface area contributed by atoms with Gasteiger partial charge in [0.2, 0.25) is 0 Å². The van der Waals surface area contributed by atoms with Crippen LogP contribution in [0.2, 0.25) is 0 Å². The molecule has 26 heavy (non-hydrogen) atoms. The second kappa shape index (κ2) is 5.31. The molecule has 0 unspecified atom stereocenters. The van der Waals surface area contributed by atoms with Crippen LogP contribution in [0.1, 0.15) is 26.3 Å². The summed E-state index contributed by atoms with van der Waals surface area (Å²) in [6.45, 7) is 6.80. The minimum atomic E-state index is 0.235. The van der Waals surface area contributed by atoms with Crippen LogP contribution in [0.3, 0.4) is 0 Å². The van der Waals surface area contributed by atoms with Crippen LogP contribution in [0.15, 0.2) is 60.8 Å². The van der Waals surface area contributed by atoms with E-state index < -0.39 is 0 Å². The number of nitrogens with zero attached hydrogens (tertiary/aromatic N) is 1. The van der Waals surface area contributed by atoms with Gasteiger partial charge in [-0.3, -0.25) is 4.98 Å². The lowest BCUT2D eigenvalue weighted by Crippen LogP contribution is -2.09. The number of hydrogen-bond donors (Lipinski definition) is 0. The lowest BCUT2D eigenvalue weighted by atomic mass is 9.86. The Labute approximate surface area is 153 Å². The Balaban J connectivity index is 1.77. The topological polar surface area (TPSA) is 22.1 Å². The SMILES string of the molecule is CC(C)(C)Cc1cc2c3c(nccc3c1)-c1cc3ccccc3cc1O2. The molecular weight excluding hydrogens is 318 g/mol. The number of pyridine rings is 1. The molecular formula is C24H21NO. The quantitative estimate of drug-likeness (QED) is 0.337. The largest absolute Gasteiger partial charge is 0.456 e. The van der Waals surface area contributed by atoms with E-state index in [1.165, 1.54) is 21.7 Å². The normalized spacial score (nSPS) is 12.9. The van der Waals surface area contributed by atoms with Gasteiger partial charge in [-0.15, -0.1) is 0 Å². The van der Waals surface area contributed by atoms with Crippen molar-refractivity contribution in [1.29, 1.82) is 0 Å². The number of fused-ring (bicyclic) bond motifs is 3. The zero-order valence-corrected chi connectivity index (χ0v) is 15.3. The van der Waals surface area contributed by atoms with E-state index in [9.17, 15) is 0 Å². The molecule has 1 aliphatic rings. The maximum absolute atomic E-state index is 6.37. The highest BCUT2D eigenvalue weighted by Crippen LogP contribution is 2.47. The minimum absolute atomic E-state index is 0.235. The second-order valence-electron chi connectivity index (χ2n) is 8.39. The molecule has 0 atom stereocenters. The first kappa shape index (κ1) is 15.4.